The molecule has 0 aromatic heterocycles. The second-order valence-electron chi connectivity index (χ2n) is 6.99. The molecule has 0 unspecified atom stereocenters. The number of amides is 5. The minimum Gasteiger partial charge on any atom is -0.342 e. The number of carbonyl (C=O) groups is 4. The van der Waals surface area contributed by atoms with Gasteiger partial charge in [0.1, 0.15) is 5.54 Å². The Morgan fingerprint density at radius 2 is 1.83 bits per heavy atom. The number of piperidine rings is 1. The molecular formula is C15H20N4O4. The normalized spacial score (nSPS) is 29.9. The smallest absolute Gasteiger partial charge is 0.322 e. The van der Waals surface area contributed by atoms with Crippen molar-refractivity contribution in [2.45, 2.75) is 43.7 Å². The van der Waals surface area contributed by atoms with Crippen LogP contribution in [0.1, 0.15) is 32.1 Å². The zero-order chi connectivity index (χ0) is 16.2. The number of likely N-dealkylation sites (tertiary alicyclic amines) is 2. The maximum Gasteiger partial charge on any atom is 0.322 e. The SMILES string of the molecule is O=C1NC(=O)C2(CCN(C(=O)[C@H]3CC(=O)N(C4CC4)C3)CC2)N1. The molecule has 3 aliphatic heterocycles. The predicted octanol–water partition coefficient (Wildman–Crippen LogP) is -0.802. The topological polar surface area (TPSA) is 98.8 Å². The number of nitrogens with zero attached hydrogens (tertiary/aromatic N) is 2. The van der Waals surface area contributed by atoms with Crippen LogP contribution in [-0.4, -0.2) is 64.8 Å². The Balaban J connectivity index is 1.37. The summed E-state index contributed by atoms with van der Waals surface area (Å²) >= 11 is 0. The first-order chi connectivity index (χ1) is 11.0. The molecule has 1 atom stereocenters. The second-order valence-corrected chi connectivity index (χ2v) is 6.99. The Kier molecular flexibility index (Phi) is 3.11. The number of imide groups is 1. The summed E-state index contributed by atoms with van der Waals surface area (Å²) in [5.41, 5.74) is -0.862. The third-order valence-corrected chi connectivity index (χ3v) is 5.44. The highest BCUT2D eigenvalue weighted by molar-refractivity contribution is 6.07. The molecule has 0 aromatic rings. The standard InChI is InChI=1S/C15H20N4O4/c20-11-7-9(8-19(11)10-1-2-10)12(21)18-5-3-15(4-6-18)13(22)16-14(23)17-15/h9-10H,1-8H2,(H2,16,17,22,23)/t9-/m0/s1. The lowest BCUT2D eigenvalue weighted by Gasteiger charge is -2.37. The van der Waals surface area contributed by atoms with Crippen LogP contribution in [0.15, 0.2) is 0 Å². The lowest BCUT2D eigenvalue weighted by molar-refractivity contribution is -0.139. The van der Waals surface area contributed by atoms with Gasteiger partial charge in [0, 0.05) is 32.1 Å². The molecule has 23 heavy (non-hydrogen) atoms. The molecule has 1 spiro atoms. The Morgan fingerprint density at radius 1 is 1.13 bits per heavy atom. The number of rotatable bonds is 2. The van der Waals surface area contributed by atoms with E-state index in [1.807, 2.05) is 4.90 Å². The molecule has 4 fully saturated rings. The van der Waals surface area contributed by atoms with Crippen molar-refractivity contribution < 1.29 is 19.2 Å². The quantitative estimate of drug-likeness (QED) is 0.651. The minimum absolute atomic E-state index is 0.00100. The summed E-state index contributed by atoms with van der Waals surface area (Å²) in [5.74, 6) is -0.474. The average Bonchev–Trinajstić information content (AvgIpc) is 3.23. The van der Waals surface area contributed by atoms with Gasteiger partial charge in [0.05, 0.1) is 5.92 Å². The van der Waals surface area contributed by atoms with E-state index in [2.05, 4.69) is 10.6 Å². The summed E-state index contributed by atoms with van der Waals surface area (Å²) in [4.78, 5) is 51.5. The van der Waals surface area contributed by atoms with Gasteiger partial charge in [-0.2, -0.15) is 0 Å². The molecule has 8 heteroatoms. The number of carbonyl (C=O) groups excluding carboxylic acids is 4. The van der Waals surface area contributed by atoms with Gasteiger partial charge < -0.3 is 15.1 Å². The van der Waals surface area contributed by atoms with Gasteiger partial charge >= 0.3 is 6.03 Å². The van der Waals surface area contributed by atoms with Crippen LogP contribution in [-0.2, 0) is 14.4 Å². The van der Waals surface area contributed by atoms with Crippen molar-refractivity contribution in [3.8, 4) is 0 Å². The fourth-order valence-corrected chi connectivity index (χ4v) is 3.88. The van der Waals surface area contributed by atoms with Gasteiger partial charge in [-0.3, -0.25) is 19.7 Å². The highest BCUT2D eigenvalue weighted by Gasteiger charge is 2.49. The van der Waals surface area contributed by atoms with E-state index in [0.29, 0.717) is 44.9 Å². The highest BCUT2D eigenvalue weighted by atomic mass is 16.2. The van der Waals surface area contributed by atoms with Gasteiger partial charge in [0.15, 0.2) is 0 Å². The molecule has 4 rings (SSSR count). The monoisotopic (exact) mass is 320 g/mol. The van der Waals surface area contributed by atoms with E-state index in [9.17, 15) is 19.2 Å². The molecule has 4 aliphatic rings. The predicted molar refractivity (Wildman–Crippen MR) is 78.1 cm³/mol. The van der Waals surface area contributed by atoms with Gasteiger partial charge in [-0.25, -0.2) is 4.79 Å². The third-order valence-electron chi connectivity index (χ3n) is 5.44. The van der Waals surface area contributed by atoms with Crippen molar-refractivity contribution in [1.29, 1.82) is 0 Å². The molecule has 1 saturated carbocycles. The lowest BCUT2D eigenvalue weighted by Crippen LogP contribution is -2.56. The van der Waals surface area contributed by atoms with Gasteiger partial charge in [0.2, 0.25) is 11.8 Å². The van der Waals surface area contributed by atoms with Crippen molar-refractivity contribution in [2.24, 2.45) is 5.92 Å². The Bertz CT molecular complexity index is 592. The van der Waals surface area contributed by atoms with Crippen molar-refractivity contribution in [3.05, 3.63) is 0 Å². The fraction of sp³-hybridized carbons (Fsp3) is 0.733. The maximum absolute atomic E-state index is 12.6. The summed E-state index contributed by atoms with van der Waals surface area (Å²) < 4.78 is 0. The molecule has 2 N–H and O–H groups in total. The molecular weight excluding hydrogens is 300 g/mol. The molecule has 8 nitrogen and oxygen atoms in total. The van der Waals surface area contributed by atoms with Crippen LogP contribution in [0.2, 0.25) is 0 Å². The zero-order valence-electron chi connectivity index (χ0n) is 12.8. The van der Waals surface area contributed by atoms with E-state index in [1.54, 1.807) is 4.90 Å². The van der Waals surface area contributed by atoms with Crippen molar-refractivity contribution in [2.75, 3.05) is 19.6 Å². The average molecular weight is 320 g/mol. The summed E-state index contributed by atoms with van der Waals surface area (Å²) in [5, 5.41) is 4.95. The van der Waals surface area contributed by atoms with E-state index in [0.717, 1.165) is 12.8 Å². The largest absolute Gasteiger partial charge is 0.342 e. The first-order valence-corrected chi connectivity index (χ1v) is 8.20. The fourth-order valence-electron chi connectivity index (χ4n) is 3.88. The van der Waals surface area contributed by atoms with Crippen molar-refractivity contribution >= 4 is 23.8 Å². The third kappa shape index (κ3) is 2.36. The van der Waals surface area contributed by atoms with Gasteiger partial charge in [0.25, 0.3) is 5.91 Å². The van der Waals surface area contributed by atoms with E-state index in [1.165, 1.54) is 0 Å². The number of hydrogen-bond acceptors (Lipinski definition) is 4. The van der Waals surface area contributed by atoms with E-state index >= 15 is 0 Å². The van der Waals surface area contributed by atoms with Crippen LogP contribution in [0.4, 0.5) is 4.79 Å². The number of urea groups is 1. The van der Waals surface area contributed by atoms with Gasteiger partial charge in [-0.05, 0) is 25.7 Å². The van der Waals surface area contributed by atoms with Crippen molar-refractivity contribution in [3.63, 3.8) is 0 Å². The minimum atomic E-state index is -0.862. The van der Waals surface area contributed by atoms with Crippen LogP contribution in [0, 0.1) is 5.92 Å². The van der Waals surface area contributed by atoms with Gasteiger partial charge in [-0.15, -0.1) is 0 Å². The van der Waals surface area contributed by atoms with Crippen LogP contribution in [0.5, 0.6) is 0 Å². The number of hydrogen-bond donors (Lipinski definition) is 2. The summed E-state index contributed by atoms with van der Waals surface area (Å²) in [7, 11) is 0. The molecule has 1 aliphatic carbocycles. The van der Waals surface area contributed by atoms with E-state index in [-0.39, 0.29) is 23.6 Å². The van der Waals surface area contributed by atoms with Crippen LogP contribution in [0.25, 0.3) is 0 Å². The Hall–Kier alpha value is -2.12. The molecule has 3 heterocycles. The maximum atomic E-state index is 12.6. The molecule has 3 saturated heterocycles. The second kappa shape index (κ2) is 4.94. The Labute approximate surface area is 133 Å². The van der Waals surface area contributed by atoms with Crippen molar-refractivity contribution in [1.82, 2.24) is 20.4 Å². The van der Waals surface area contributed by atoms with Crippen LogP contribution in [0.3, 0.4) is 0 Å². The first-order valence-electron chi connectivity index (χ1n) is 8.20. The Morgan fingerprint density at radius 3 is 2.39 bits per heavy atom. The number of nitrogens with one attached hydrogen (secondary N) is 2. The lowest BCUT2D eigenvalue weighted by atomic mass is 9.87. The van der Waals surface area contributed by atoms with E-state index < -0.39 is 11.6 Å². The van der Waals surface area contributed by atoms with Crippen LogP contribution >= 0.6 is 0 Å². The molecule has 124 valence electrons. The summed E-state index contributed by atoms with van der Waals surface area (Å²) in [6, 6.07) is -0.112. The highest BCUT2D eigenvalue weighted by Crippen LogP contribution is 2.34. The van der Waals surface area contributed by atoms with Gasteiger partial charge in [-0.1, -0.05) is 0 Å². The summed E-state index contributed by atoms with van der Waals surface area (Å²) in [6.45, 7) is 1.39. The zero-order valence-corrected chi connectivity index (χ0v) is 12.8. The first kappa shape index (κ1) is 14.5. The molecule has 5 amide bonds. The summed E-state index contributed by atoms with van der Waals surface area (Å²) in [6.07, 6.45) is 3.24. The molecule has 0 bridgehead atoms. The molecule has 0 aromatic carbocycles. The molecule has 0 radical (unpaired) electrons. The van der Waals surface area contributed by atoms with Crippen LogP contribution < -0.4 is 10.6 Å². The van der Waals surface area contributed by atoms with E-state index in [4.69, 9.17) is 0 Å².